The number of anilines is 1. The van der Waals surface area contributed by atoms with Gasteiger partial charge in [0.05, 0.1) is 44.0 Å². The Hall–Kier alpha value is -5.26. The molecule has 2 aromatic carbocycles. The van der Waals surface area contributed by atoms with Crippen molar-refractivity contribution in [3.8, 4) is 0 Å². The summed E-state index contributed by atoms with van der Waals surface area (Å²) in [6, 6.07) is 9.45. The molecule has 3 saturated carbocycles. The average molecular weight is 1140 g/mol. The molecule has 5 amide bonds. The van der Waals surface area contributed by atoms with Crippen molar-refractivity contribution in [3.05, 3.63) is 88.5 Å². The van der Waals surface area contributed by atoms with E-state index in [1.165, 1.54) is 26.0 Å². The number of unbranched alkanes of at least 4 members (excludes halogenated alkanes) is 1. The highest BCUT2D eigenvalue weighted by Crippen LogP contribution is 2.72. The van der Waals surface area contributed by atoms with Gasteiger partial charge in [-0.15, -0.1) is 0 Å². The van der Waals surface area contributed by atoms with Crippen molar-refractivity contribution in [2.24, 2.45) is 22.7 Å². The predicted octanol–water partition coefficient (Wildman–Crippen LogP) is 3.63. The molecule has 19 nitrogen and oxygen atoms in total. The number of aliphatic hydroxyl groups is 3. The Morgan fingerprint density at radius 1 is 0.896 bits per heavy atom. The van der Waals surface area contributed by atoms with Crippen molar-refractivity contribution in [2.45, 2.75) is 140 Å². The maximum absolute atomic E-state index is 17.8. The fourth-order valence-electron chi connectivity index (χ4n) is 12.5. The molecule has 2 aromatic rings. The van der Waals surface area contributed by atoms with Gasteiger partial charge in [0.25, 0.3) is 0 Å². The second kappa shape index (κ2) is 25.2. The molecule has 5 aliphatic rings. The summed E-state index contributed by atoms with van der Waals surface area (Å²) in [6.45, 7) is 6.69. The molecular weight excluding hydrogens is 1070 g/mol. The van der Waals surface area contributed by atoms with Crippen molar-refractivity contribution in [1.29, 1.82) is 0 Å². The number of carbonyl (C=O) groups is 7. The number of Topliss-reactive ketones (excluding diaryl/α,β-unsaturated/α-hetero) is 1. The van der Waals surface area contributed by atoms with Crippen LogP contribution in [0.3, 0.4) is 0 Å². The van der Waals surface area contributed by atoms with Gasteiger partial charge in [0, 0.05) is 53.6 Å². The van der Waals surface area contributed by atoms with Crippen LogP contribution in [0, 0.1) is 22.7 Å². The lowest BCUT2D eigenvalue weighted by atomic mass is 9.44. The van der Waals surface area contributed by atoms with Crippen LogP contribution in [-0.2, 0) is 65.5 Å². The molecule has 4 fully saturated rings. The fourth-order valence-corrected chi connectivity index (χ4v) is 12.6. The van der Waals surface area contributed by atoms with E-state index in [9.17, 15) is 48.9 Å². The molecule has 1 saturated heterocycles. The summed E-state index contributed by atoms with van der Waals surface area (Å²) >= 11 is 3.08. The van der Waals surface area contributed by atoms with Gasteiger partial charge >= 0.3 is 0 Å². The summed E-state index contributed by atoms with van der Waals surface area (Å²) in [5, 5.41) is 46.0. The van der Waals surface area contributed by atoms with Gasteiger partial charge in [-0.05, 0) is 107 Å². The Bertz CT molecular complexity index is 2600. The number of hydrogen-bond acceptors (Lipinski definition) is 14. The van der Waals surface area contributed by atoms with Crippen LogP contribution in [0.15, 0.2) is 66.3 Å². The van der Waals surface area contributed by atoms with Gasteiger partial charge in [0.1, 0.15) is 24.7 Å². The molecule has 8 N–H and O–H groups in total. The van der Waals surface area contributed by atoms with Gasteiger partial charge in [-0.2, -0.15) is 0 Å². The zero-order valence-electron chi connectivity index (χ0n) is 44.3. The molecular formula is C56H73BrFN5O14. The van der Waals surface area contributed by atoms with Gasteiger partial charge in [0.15, 0.2) is 29.1 Å². The molecule has 12 atom stereocenters. The number of fused-ring (bicyclic) bond motifs is 7. The van der Waals surface area contributed by atoms with Crippen LogP contribution < -0.4 is 26.6 Å². The van der Waals surface area contributed by atoms with E-state index in [4.69, 9.17) is 18.9 Å². The van der Waals surface area contributed by atoms with Crippen LogP contribution in [0.25, 0.3) is 0 Å². The van der Waals surface area contributed by atoms with Crippen LogP contribution in [0.2, 0.25) is 0 Å². The number of carbonyl (C=O) groups excluding carboxylic acids is 7. The highest BCUT2D eigenvalue weighted by molar-refractivity contribution is 9.09. The smallest absolute Gasteiger partial charge is 0.246 e. The van der Waals surface area contributed by atoms with E-state index in [-0.39, 0.29) is 49.3 Å². The Morgan fingerprint density at radius 2 is 1.61 bits per heavy atom. The fraction of sp³-hybridized carbons (Fsp3) is 0.589. The molecule has 0 bridgehead atoms. The molecule has 1 heterocycles. The normalized spacial score (nSPS) is 29.1. The number of allylic oxidation sites excluding steroid dienone is 4. The first kappa shape index (κ1) is 59.4. The first-order valence-electron chi connectivity index (χ1n) is 26.4. The first-order chi connectivity index (χ1) is 36.7. The number of hydrogen-bond donors (Lipinski definition) is 8. The standard InChI is InChI=1S/C56H73BrFN5O14/c1-32(61-51(73)43(62-48(70)29-57)8-6-7-20-59-47(69)18-21-75-23-22-74-5)49(71)60-33(2)50(72)63-42-16-11-35(25-37(42)30-64)24-34-9-12-36(13-10-34)52-76-46-27-41-40-15-14-38-26-39(66)17-19-53(38,3)55(40,58)44(67)28-54(41,4)56(46,77-52)45(68)31-65/h9-13,16-17,19,25-26,32-33,40-41,43-44,46,52,64-65,67H,6-8,14-15,18,20-24,27-31H2,1-5H3,(H,59,69)(H,60,71)(H,61,73)(H,62,70)(H,63,72)/t32-,33-,40-,41-,43-,44-,46+,52+,53-,54-,55-,56+/m0/s1. The second-order valence-corrected chi connectivity index (χ2v) is 21.9. The van der Waals surface area contributed by atoms with E-state index >= 15 is 4.39 Å². The Labute approximate surface area is 456 Å². The van der Waals surface area contributed by atoms with Crippen LogP contribution in [0.5, 0.6) is 0 Å². The zero-order valence-corrected chi connectivity index (χ0v) is 45.9. The number of ketones is 2. The lowest BCUT2D eigenvalue weighted by molar-refractivity contribution is -0.231. The first-order valence-corrected chi connectivity index (χ1v) is 27.5. The van der Waals surface area contributed by atoms with E-state index in [1.54, 1.807) is 38.3 Å². The molecule has 420 valence electrons. The number of halogens is 2. The molecule has 77 heavy (non-hydrogen) atoms. The number of methoxy groups -OCH3 is 1. The van der Waals surface area contributed by atoms with Crippen LogP contribution in [0.4, 0.5) is 10.1 Å². The number of ether oxygens (including phenoxy) is 4. The van der Waals surface area contributed by atoms with E-state index < -0.39 is 113 Å². The summed E-state index contributed by atoms with van der Waals surface area (Å²) in [5.74, 6) is -4.35. The Balaban J connectivity index is 0.909. The topological polar surface area (TPSA) is 277 Å². The number of aliphatic hydroxyl groups excluding tert-OH is 3. The largest absolute Gasteiger partial charge is 0.392 e. The molecule has 0 aromatic heterocycles. The molecule has 4 aliphatic carbocycles. The number of nitrogens with one attached hydrogen (secondary N) is 5. The monoisotopic (exact) mass is 1140 g/mol. The number of alkyl halides is 2. The number of rotatable bonds is 25. The minimum absolute atomic E-state index is 0.0446. The summed E-state index contributed by atoms with van der Waals surface area (Å²) < 4.78 is 41.2. The van der Waals surface area contributed by atoms with E-state index in [2.05, 4.69) is 42.5 Å². The summed E-state index contributed by atoms with van der Waals surface area (Å²) in [5.41, 5.74) is -2.39. The highest BCUT2D eigenvalue weighted by Gasteiger charge is 2.79. The van der Waals surface area contributed by atoms with Gasteiger partial charge in [-0.3, -0.25) is 33.6 Å². The van der Waals surface area contributed by atoms with Gasteiger partial charge < -0.3 is 60.9 Å². The maximum Gasteiger partial charge on any atom is 0.246 e. The number of benzene rings is 2. The SMILES string of the molecule is COCCOCCC(=O)NCCCC[C@H](NC(=O)CBr)C(=O)N[C@@H](C)C(=O)N[C@@H](C)C(=O)Nc1ccc(Cc2ccc([C@@H]3O[C@@H]4C[C@H]5[C@@H]6CCC7=CC(=O)C=C[C@]7(C)[C@@]6(F)[C@@H](O)C[C@]5(C)[C@]4(C(=O)CO)O3)cc2)cc1CO. The zero-order chi connectivity index (χ0) is 55.9. The quantitative estimate of drug-likeness (QED) is 0.0521. The molecule has 21 heteroatoms. The van der Waals surface area contributed by atoms with Crippen LogP contribution in [-0.4, -0.2) is 143 Å². The maximum atomic E-state index is 17.8. The van der Waals surface area contributed by atoms with Crippen molar-refractivity contribution in [2.75, 3.05) is 50.7 Å². The third kappa shape index (κ3) is 12.2. The van der Waals surface area contributed by atoms with E-state index in [1.807, 2.05) is 31.2 Å². The summed E-state index contributed by atoms with van der Waals surface area (Å²) in [7, 11) is 1.56. The minimum Gasteiger partial charge on any atom is -0.392 e. The summed E-state index contributed by atoms with van der Waals surface area (Å²) in [4.78, 5) is 90.4. The highest BCUT2D eigenvalue weighted by atomic mass is 79.9. The van der Waals surface area contributed by atoms with Crippen LogP contribution >= 0.6 is 15.9 Å². The van der Waals surface area contributed by atoms with E-state index in [0.717, 1.165) is 11.1 Å². The third-order valence-corrected chi connectivity index (χ3v) is 17.1. The second-order valence-electron chi connectivity index (χ2n) is 21.4. The lowest BCUT2D eigenvalue weighted by Crippen LogP contribution is -2.69. The van der Waals surface area contributed by atoms with Gasteiger partial charge in [-0.1, -0.05) is 70.9 Å². The van der Waals surface area contributed by atoms with Crippen molar-refractivity contribution in [1.82, 2.24) is 21.3 Å². The van der Waals surface area contributed by atoms with Gasteiger partial charge in [0.2, 0.25) is 29.5 Å². The average Bonchev–Trinajstić information content (AvgIpc) is 4.18. The minimum atomic E-state index is -2.11. The summed E-state index contributed by atoms with van der Waals surface area (Å²) in [6.07, 6.45) is 3.94. The third-order valence-electron chi connectivity index (χ3n) is 16.6. The molecule has 0 unspecified atom stereocenters. The van der Waals surface area contributed by atoms with E-state index in [0.29, 0.717) is 74.3 Å². The molecule has 1 aliphatic heterocycles. The molecule has 0 spiro atoms. The van der Waals surface area contributed by atoms with Crippen molar-refractivity contribution in [3.63, 3.8) is 0 Å². The molecule has 7 rings (SSSR count). The lowest BCUT2D eigenvalue weighted by Gasteiger charge is -2.62. The van der Waals surface area contributed by atoms with Crippen LogP contribution in [0.1, 0.15) is 108 Å². The Kier molecular flexibility index (Phi) is 19.5. The number of amides is 5. The predicted molar refractivity (Wildman–Crippen MR) is 283 cm³/mol. The van der Waals surface area contributed by atoms with Gasteiger partial charge in [-0.25, -0.2) is 4.39 Å². The Morgan fingerprint density at radius 3 is 2.31 bits per heavy atom. The molecule has 0 radical (unpaired) electrons. The van der Waals surface area contributed by atoms with Crippen molar-refractivity contribution < 1.29 is 72.2 Å². The van der Waals surface area contributed by atoms with Crippen molar-refractivity contribution >= 4 is 62.7 Å².